The largest absolute Gasteiger partial charge is 0.497 e. The normalized spacial score (nSPS) is 11.4. The summed E-state index contributed by atoms with van der Waals surface area (Å²) in [6.07, 6.45) is 0. The topological polar surface area (TPSA) is 43.4 Å². The molecule has 1 rings (SSSR count). The highest BCUT2D eigenvalue weighted by molar-refractivity contribution is 9.10. The zero-order valence-corrected chi connectivity index (χ0v) is 9.73. The summed E-state index contributed by atoms with van der Waals surface area (Å²) in [4.78, 5) is 0. The van der Waals surface area contributed by atoms with Crippen LogP contribution in [-0.4, -0.2) is 15.5 Å². The van der Waals surface area contributed by atoms with Crippen LogP contribution in [0.1, 0.15) is 5.56 Å². The Bertz CT molecular complexity index is 430. The average Bonchev–Trinajstić information content (AvgIpc) is 2.06. The predicted octanol–water partition coefficient (Wildman–Crippen LogP) is 2.26. The first-order valence-corrected chi connectivity index (χ1v) is 6.01. The van der Waals surface area contributed by atoms with Crippen molar-refractivity contribution in [2.45, 2.75) is 5.75 Å². The zero-order valence-electron chi connectivity index (χ0n) is 7.33. The Morgan fingerprint density at radius 3 is 2.64 bits per heavy atom. The highest BCUT2D eigenvalue weighted by atomic mass is 79.9. The first-order valence-electron chi connectivity index (χ1n) is 3.67. The van der Waals surface area contributed by atoms with Crippen LogP contribution >= 0.6 is 15.9 Å². The maximum absolute atomic E-state index is 12.4. The molecule has 1 aromatic carbocycles. The van der Waals surface area contributed by atoms with E-state index in [0.29, 0.717) is 15.8 Å². The Labute approximate surface area is 90.2 Å². The SMILES string of the molecule is COc1ccc(Br)c(CS(=O)(=O)F)c1. The second-order valence-electron chi connectivity index (χ2n) is 2.64. The summed E-state index contributed by atoms with van der Waals surface area (Å²) in [7, 11) is -3.05. The number of methoxy groups -OCH3 is 1. The molecular weight excluding hydrogens is 275 g/mol. The maximum Gasteiger partial charge on any atom is 0.306 e. The predicted molar refractivity (Wildman–Crippen MR) is 54.4 cm³/mol. The minimum Gasteiger partial charge on any atom is -0.497 e. The Balaban J connectivity index is 3.07. The molecule has 1 aromatic rings. The molecule has 0 atom stereocenters. The van der Waals surface area contributed by atoms with Crippen LogP contribution in [0.25, 0.3) is 0 Å². The first-order chi connectivity index (χ1) is 6.42. The number of hydrogen-bond acceptors (Lipinski definition) is 3. The van der Waals surface area contributed by atoms with Crippen LogP contribution in [0.2, 0.25) is 0 Å². The molecule has 0 spiro atoms. The van der Waals surface area contributed by atoms with E-state index in [2.05, 4.69) is 15.9 Å². The van der Waals surface area contributed by atoms with E-state index in [4.69, 9.17) is 4.74 Å². The van der Waals surface area contributed by atoms with Crippen LogP contribution in [0.4, 0.5) is 3.89 Å². The Hall–Kier alpha value is -0.620. The molecule has 0 fully saturated rings. The quantitative estimate of drug-likeness (QED) is 0.799. The first kappa shape index (κ1) is 11.5. The van der Waals surface area contributed by atoms with Gasteiger partial charge in [0.2, 0.25) is 0 Å². The van der Waals surface area contributed by atoms with Crippen molar-refractivity contribution in [1.29, 1.82) is 0 Å². The second-order valence-corrected chi connectivity index (χ2v) is 4.86. The summed E-state index contributed by atoms with van der Waals surface area (Å²) >= 11 is 3.13. The van der Waals surface area contributed by atoms with Gasteiger partial charge in [-0.25, -0.2) is 0 Å². The summed E-state index contributed by atoms with van der Waals surface area (Å²) in [6.45, 7) is 0. The van der Waals surface area contributed by atoms with Gasteiger partial charge >= 0.3 is 10.2 Å². The monoisotopic (exact) mass is 282 g/mol. The highest BCUT2D eigenvalue weighted by Crippen LogP contribution is 2.24. The van der Waals surface area contributed by atoms with Gasteiger partial charge in [0.05, 0.1) is 7.11 Å². The molecule has 0 aliphatic heterocycles. The lowest BCUT2D eigenvalue weighted by Gasteiger charge is -2.04. The molecule has 0 amide bonds. The van der Waals surface area contributed by atoms with Crippen LogP contribution in [0.15, 0.2) is 22.7 Å². The summed E-state index contributed by atoms with van der Waals surface area (Å²) in [5, 5.41) is 0. The van der Waals surface area contributed by atoms with Crippen LogP contribution in [0, 0.1) is 0 Å². The lowest BCUT2D eigenvalue weighted by molar-refractivity contribution is 0.414. The highest BCUT2D eigenvalue weighted by Gasteiger charge is 2.12. The van der Waals surface area contributed by atoms with E-state index in [0.717, 1.165) is 0 Å². The molecule has 0 unspecified atom stereocenters. The number of rotatable bonds is 3. The second kappa shape index (κ2) is 4.27. The smallest absolute Gasteiger partial charge is 0.306 e. The Kier molecular flexibility index (Phi) is 3.49. The third kappa shape index (κ3) is 3.26. The molecule has 0 bridgehead atoms. The molecule has 78 valence electrons. The molecule has 6 heteroatoms. The fourth-order valence-corrected chi connectivity index (χ4v) is 2.16. The van der Waals surface area contributed by atoms with Crippen LogP contribution in [0.5, 0.6) is 5.75 Å². The third-order valence-corrected chi connectivity index (χ3v) is 3.01. The van der Waals surface area contributed by atoms with Crippen molar-refractivity contribution in [3.8, 4) is 5.75 Å². The summed E-state index contributed by atoms with van der Waals surface area (Å²) in [5.74, 6) is -0.156. The lowest BCUT2D eigenvalue weighted by Crippen LogP contribution is -1.97. The van der Waals surface area contributed by atoms with Gasteiger partial charge in [-0.15, -0.1) is 3.89 Å². The molecule has 0 N–H and O–H groups in total. The van der Waals surface area contributed by atoms with Crippen molar-refractivity contribution in [3.05, 3.63) is 28.2 Å². The Morgan fingerprint density at radius 2 is 2.14 bits per heavy atom. The molecular formula is C8H8BrFO3S. The van der Waals surface area contributed by atoms with Crippen molar-refractivity contribution < 1.29 is 17.0 Å². The zero-order chi connectivity index (χ0) is 10.8. The minimum atomic E-state index is -4.51. The van der Waals surface area contributed by atoms with Gasteiger partial charge in [-0.1, -0.05) is 15.9 Å². The van der Waals surface area contributed by atoms with Gasteiger partial charge in [-0.3, -0.25) is 0 Å². The fourth-order valence-electron chi connectivity index (χ4n) is 0.974. The summed E-state index contributed by atoms with van der Waals surface area (Å²) in [6, 6.07) is 4.74. The van der Waals surface area contributed by atoms with Gasteiger partial charge in [0.15, 0.2) is 0 Å². The lowest BCUT2D eigenvalue weighted by atomic mass is 10.2. The molecule has 0 aliphatic carbocycles. The van der Waals surface area contributed by atoms with E-state index in [1.807, 2.05) is 0 Å². The van der Waals surface area contributed by atoms with E-state index in [9.17, 15) is 12.3 Å². The molecule has 0 saturated heterocycles. The van der Waals surface area contributed by atoms with E-state index < -0.39 is 16.0 Å². The molecule has 14 heavy (non-hydrogen) atoms. The third-order valence-electron chi connectivity index (χ3n) is 1.58. The molecule has 3 nitrogen and oxygen atoms in total. The summed E-state index contributed by atoms with van der Waals surface area (Å²) in [5.41, 5.74) is 0.340. The van der Waals surface area contributed by atoms with Gasteiger partial charge in [-0.05, 0) is 23.8 Å². The van der Waals surface area contributed by atoms with Crippen molar-refractivity contribution in [2.24, 2.45) is 0 Å². The molecule has 0 saturated carbocycles. The van der Waals surface area contributed by atoms with E-state index >= 15 is 0 Å². The number of benzene rings is 1. The molecule has 0 heterocycles. The summed E-state index contributed by atoms with van der Waals surface area (Å²) < 4.78 is 38.7. The molecule has 0 aliphatic rings. The van der Waals surface area contributed by atoms with Crippen molar-refractivity contribution in [2.75, 3.05) is 7.11 Å². The fraction of sp³-hybridized carbons (Fsp3) is 0.250. The van der Waals surface area contributed by atoms with Crippen LogP contribution in [0.3, 0.4) is 0 Å². The number of ether oxygens (including phenoxy) is 1. The van der Waals surface area contributed by atoms with E-state index in [-0.39, 0.29) is 0 Å². The van der Waals surface area contributed by atoms with Gasteiger partial charge in [0.25, 0.3) is 0 Å². The van der Waals surface area contributed by atoms with Gasteiger partial charge in [0.1, 0.15) is 11.5 Å². The average molecular weight is 283 g/mol. The van der Waals surface area contributed by atoms with Gasteiger partial charge in [-0.2, -0.15) is 8.42 Å². The number of hydrogen-bond donors (Lipinski definition) is 0. The van der Waals surface area contributed by atoms with Crippen molar-refractivity contribution >= 4 is 26.2 Å². The van der Waals surface area contributed by atoms with Crippen molar-refractivity contribution in [3.63, 3.8) is 0 Å². The maximum atomic E-state index is 12.4. The minimum absolute atomic E-state index is 0.340. The molecule has 0 radical (unpaired) electrons. The van der Waals surface area contributed by atoms with Crippen LogP contribution < -0.4 is 4.74 Å². The van der Waals surface area contributed by atoms with Gasteiger partial charge in [0, 0.05) is 4.47 Å². The van der Waals surface area contributed by atoms with Crippen molar-refractivity contribution in [1.82, 2.24) is 0 Å². The number of halogens is 2. The molecule has 0 aromatic heterocycles. The van der Waals surface area contributed by atoms with E-state index in [1.165, 1.54) is 13.2 Å². The van der Waals surface area contributed by atoms with Gasteiger partial charge < -0.3 is 4.74 Å². The Morgan fingerprint density at radius 1 is 1.50 bits per heavy atom. The van der Waals surface area contributed by atoms with Crippen LogP contribution in [-0.2, 0) is 16.0 Å². The standard InChI is InChI=1S/C8H8BrFO3S/c1-13-7-2-3-8(9)6(4-7)5-14(10,11)12/h2-4H,5H2,1H3. The van der Waals surface area contributed by atoms with E-state index in [1.54, 1.807) is 12.1 Å².